The Morgan fingerprint density at radius 1 is 1.17 bits per heavy atom. The van der Waals surface area contributed by atoms with Gasteiger partial charge in [-0.2, -0.15) is 0 Å². The summed E-state index contributed by atoms with van der Waals surface area (Å²) in [6.07, 6.45) is 6.14. The summed E-state index contributed by atoms with van der Waals surface area (Å²) in [6, 6.07) is 0. The highest BCUT2D eigenvalue weighted by atomic mass is 16.6. The van der Waals surface area contributed by atoms with Crippen molar-refractivity contribution in [3.8, 4) is 0 Å². The normalized spacial score (nSPS) is 17.3. The Bertz CT molecular complexity index is 288. The van der Waals surface area contributed by atoms with Crippen LogP contribution in [-0.2, 0) is 9.53 Å². The molecule has 0 saturated heterocycles. The van der Waals surface area contributed by atoms with E-state index in [0.29, 0.717) is 12.3 Å². The molecule has 0 aliphatic heterocycles. The number of rotatable bonds is 4. The van der Waals surface area contributed by atoms with Crippen LogP contribution in [0.25, 0.3) is 0 Å². The Kier molecular flexibility index (Phi) is 5.63. The zero-order valence-corrected chi connectivity index (χ0v) is 11.8. The fourth-order valence-corrected chi connectivity index (χ4v) is 2.27. The first-order valence-electron chi connectivity index (χ1n) is 6.85. The van der Waals surface area contributed by atoms with E-state index in [1.807, 2.05) is 0 Å². The molecule has 0 spiro atoms. The summed E-state index contributed by atoms with van der Waals surface area (Å²) in [5.74, 6) is 0.624. The second kappa shape index (κ2) is 6.76. The Morgan fingerprint density at radius 3 is 2.33 bits per heavy atom. The summed E-state index contributed by atoms with van der Waals surface area (Å²) in [6.45, 7) is 5.49. The molecule has 0 radical (unpaired) electrons. The van der Waals surface area contributed by atoms with Crippen LogP contribution in [0.15, 0.2) is 0 Å². The molecule has 1 aliphatic carbocycles. The van der Waals surface area contributed by atoms with Crippen LogP contribution in [0.5, 0.6) is 0 Å². The molecule has 0 heterocycles. The van der Waals surface area contributed by atoms with Crippen molar-refractivity contribution in [1.29, 1.82) is 0 Å². The van der Waals surface area contributed by atoms with Crippen molar-refractivity contribution in [1.82, 2.24) is 5.32 Å². The number of Topliss-reactive ketones (excluding diaryl/α,β-unsaturated/α-hetero) is 1. The van der Waals surface area contributed by atoms with Gasteiger partial charge in [0.1, 0.15) is 5.60 Å². The standard InChI is InChI=1S/C14H25NO3/c1-14(2,3)18-13(17)15-10-12(16)9-11-7-5-4-6-8-11/h11H,4-10H2,1-3H3,(H,15,17). The number of carbonyl (C=O) groups is 2. The van der Waals surface area contributed by atoms with Gasteiger partial charge in [0.05, 0.1) is 6.54 Å². The SMILES string of the molecule is CC(C)(C)OC(=O)NCC(=O)CC1CCCCC1. The lowest BCUT2D eigenvalue weighted by molar-refractivity contribution is -0.119. The van der Waals surface area contributed by atoms with Gasteiger partial charge < -0.3 is 10.1 Å². The van der Waals surface area contributed by atoms with Crippen LogP contribution >= 0.6 is 0 Å². The number of hydrogen-bond donors (Lipinski definition) is 1. The summed E-state index contributed by atoms with van der Waals surface area (Å²) in [5, 5.41) is 2.52. The third-order valence-corrected chi connectivity index (χ3v) is 3.07. The minimum Gasteiger partial charge on any atom is -0.444 e. The maximum absolute atomic E-state index is 11.7. The van der Waals surface area contributed by atoms with Gasteiger partial charge in [-0.25, -0.2) is 4.79 Å². The fraction of sp³-hybridized carbons (Fsp3) is 0.857. The number of alkyl carbamates (subject to hydrolysis) is 1. The number of nitrogens with one attached hydrogen (secondary N) is 1. The molecule has 0 unspecified atom stereocenters. The molecule has 18 heavy (non-hydrogen) atoms. The highest BCUT2D eigenvalue weighted by Crippen LogP contribution is 2.26. The maximum Gasteiger partial charge on any atom is 0.408 e. The quantitative estimate of drug-likeness (QED) is 0.840. The fourth-order valence-electron chi connectivity index (χ4n) is 2.27. The molecule has 0 aromatic rings. The molecule has 4 heteroatoms. The van der Waals surface area contributed by atoms with Crippen LogP contribution in [0.1, 0.15) is 59.3 Å². The molecule has 0 aromatic heterocycles. The average molecular weight is 255 g/mol. The van der Waals surface area contributed by atoms with Gasteiger partial charge in [0.15, 0.2) is 5.78 Å². The van der Waals surface area contributed by atoms with Gasteiger partial charge in [-0.3, -0.25) is 4.79 Å². The topological polar surface area (TPSA) is 55.4 Å². The van der Waals surface area contributed by atoms with Crippen molar-refractivity contribution in [2.75, 3.05) is 6.54 Å². The molecule has 1 N–H and O–H groups in total. The molecule has 4 nitrogen and oxygen atoms in total. The van der Waals surface area contributed by atoms with Gasteiger partial charge in [0, 0.05) is 6.42 Å². The highest BCUT2D eigenvalue weighted by Gasteiger charge is 2.19. The smallest absolute Gasteiger partial charge is 0.408 e. The van der Waals surface area contributed by atoms with Gasteiger partial charge in [-0.1, -0.05) is 32.1 Å². The predicted octanol–water partition coefficient (Wildman–Crippen LogP) is 3.05. The van der Waals surface area contributed by atoms with Crippen molar-refractivity contribution >= 4 is 11.9 Å². The van der Waals surface area contributed by atoms with Crippen molar-refractivity contribution in [3.63, 3.8) is 0 Å². The van der Waals surface area contributed by atoms with Gasteiger partial charge in [0.2, 0.25) is 0 Å². The molecule has 0 bridgehead atoms. The summed E-state index contributed by atoms with van der Waals surface area (Å²) >= 11 is 0. The van der Waals surface area contributed by atoms with Gasteiger partial charge >= 0.3 is 6.09 Å². The van der Waals surface area contributed by atoms with Crippen molar-refractivity contribution in [3.05, 3.63) is 0 Å². The molecule has 1 aliphatic rings. The molecule has 0 aromatic carbocycles. The van der Waals surface area contributed by atoms with E-state index in [-0.39, 0.29) is 12.3 Å². The Morgan fingerprint density at radius 2 is 1.78 bits per heavy atom. The molecule has 1 rings (SSSR count). The second-order valence-corrected chi connectivity index (χ2v) is 6.10. The molecule has 1 fully saturated rings. The van der Waals surface area contributed by atoms with E-state index >= 15 is 0 Å². The van der Waals surface area contributed by atoms with Crippen molar-refractivity contribution in [2.24, 2.45) is 5.92 Å². The van der Waals surface area contributed by atoms with E-state index in [4.69, 9.17) is 4.74 Å². The zero-order valence-electron chi connectivity index (χ0n) is 11.8. The van der Waals surface area contributed by atoms with Crippen LogP contribution in [0.2, 0.25) is 0 Å². The molecular weight excluding hydrogens is 230 g/mol. The van der Waals surface area contributed by atoms with Gasteiger partial charge in [-0.15, -0.1) is 0 Å². The largest absolute Gasteiger partial charge is 0.444 e. The summed E-state index contributed by atoms with van der Waals surface area (Å²) in [7, 11) is 0. The second-order valence-electron chi connectivity index (χ2n) is 6.10. The van der Waals surface area contributed by atoms with Crippen LogP contribution in [0.3, 0.4) is 0 Å². The highest BCUT2D eigenvalue weighted by molar-refractivity contribution is 5.84. The lowest BCUT2D eigenvalue weighted by Gasteiger charge is -2.21. The number of ether oxygens (including phenoxy) is 1. The molecule has 1 saturated carbocycles. The Hall–Kier alpha value is -1.06. The number of carbonyl (C=O) groups excluding carboxylic acids is 2. The molecule has 104 valence electrons. The van der Waals surface area contributed by atoms with Crippen molar-refractivity contribution < 1.29 is 14.3 Å². The van der Waals surface area contributed by atoms with E-state index in [1.54, 1.807) is 20.8 Å². The zero-order chi connectivity index (χ0) is 13.6. The van der Waals surface area contributed by atoms with E-state index < -0.39 is 11.7 Å². The Labute approximate surface area is 109 Å². The first-order valence-corrected chi connectivity index (χ1v) is 6.85. The monoisotopic (exact) mass is 255 g/mol. The predicted molar refractivity (Wildman–Crippen MR) is 70.4 cm³/mol. The number of amides is 1. The third kappa shape index (κ3) is 6.62. The van der Waals surface area contributed by atoms with Crippen LogP contribution in [0.4, 0.5) is 4.79 Å². The average Bonchev–Trinajstić information content (AvgIpc) is 2.25. The summed E-state index contributed by atoms with van der Waals surface area (Å²) < 4.78 is 5.08. The first kappa shape index (κ1) is 15.0. The third-order valence-electron chi connectivity index (χ3n) is 3.07. The molecular formula is C14H25NO3. The van der Waals surface area contributed by atoms with Crippen LogP contribution < -0.4 is 5.32 Å². The van der Waals surface area contributed by atoms with E-state index in [1.165, 1.54) is 19.3 Å². The summed E-state index contributed by atoms with van der Waals surface area (Å²) in [4.78, 5) is 23.1. The molecule has 1 amide bonds. The minimum absolute atomic E-state index is 0.0887. The van der Waals surface area contributed by atoms with Crippen molar-refractivity contribution in [2.45, 2.75) is 64.9 Å². The minimum atomic E-state index is -0.517. The van der Waals surface area contributed by atoms with Gasteiger partial charge in [0.25, 0.3) is 0 Å². The van der Waals surface area contributed by atoms with Gasteiger partial charge in [-0.05, 0) is 26.7 Å². The Balaban J connectivity index is 2.18. The lowest BCUT2D eigenvalue weighted by atomic mass is 9.86. The maximum atomic E-state index is 11.7. The first-order chi connectivity index (χ1) is 8.37. The van der Waals surface area contributed by atoms with E-state index in [0.717, 1.165) is 12.8 Å². The number of ketones is 1. The van der Waals surface area contributed by atoms with Crippen LogP contribution in [-0.4, -0.2) is 24.0 Å². The van der Waals surface area contributed by atoms with E-state index in [9.17, 15) is 9.59 Å². The number of hydrogen-bond acceptors (Lipinski definition) is 3. The lowest BCUT2D eigenvalue weighted by Crippen LogP contribution is -2.35. The summed E-state index contributed by atoms with van der Waals surface area (Å²) in [5.41, 5.74) is -0.517. The van der Waals surface area contributed by atoms with E-state index in [2.05, 4.69) is 5.32 Å². The molecule has 0 atom stereocenters. The van der Waals surface area contributed by atoms with Crippen LogP contribution in [0, 0.1) is 5.92 Å².